The van der Waals surface area contributed by atoms with E-state index in [9.17, 15) is 4.39 Å². The third-order valence-corrected chi connectivity index (χ3v) is 2.16. The van der Waals surface area contributed by atoms with Gasteiger partial charge >= 0.3 is 0 Å². The molecule has 0 aliphatic rings. The van der Waals surface area contributed by atoms with E-state index >= 15 is 0 Å². The molecule has 0 amide bonds. The van der Waals surface area contributed by atoms with Crippen LogP contribution in [0.3, 0.4) is 0 Å². The average Bonchev–Trinajstić information content (AvgIpc) is 2.25. The number of benzene rings is 1. The zero-order chi connectivity index (χ0) is 11.1. The minimum absolute atomic E-state index is 0.190. The average molecular weight is 207 g/mol. The van der Waals surface area contributed by atoms with Gasteiger partial charge in [0.05, 0.1) is 6.04 Å². The van der Waals surface area contributed by atoms with Crippen LogP contribution in [0.5, 0.6) is 0 Å². The summed E-state index contributed by atoms with van der Waals surface area (Å²) in [4.78, 5) is 4.25. The Morgan fingerprint density at radius 3 is 2.47 bits per heavy atom. The summed E-state index contributed by atoms with van der Waals surface area (Å²) in [6.07, 6.45) is 2.56. The topological polar surface area (TPSA) is 12.4 Å². The summed E-state index contributed by atoms with van der Waals surface area (Å²) in [6, 6.07) is 9.60. The fourth-order valence-electron chi connectivity index (χ4n) is 1.44. The Hall–Kier alpha value is -1.18. The maximum atomic E-state index is 12.6. The molecule has 1 aromatic carbocycles. The van der Waals surface area contributed by atoms with Gasteiger partial charge in [-0.15, -0.1) is 0 Å². The van der Waals surface area contributed by atoms with E-state index in [2.05, 4.69) is 18.8 Å². The molecule has 0 fully saturated rings. The zero-order valence-electron chi connectivity index (χ0n) is 9.36. The number of halogens is 1. The van der Waals surface area contributed by atoms with Gasteiger partial charge in [0.25, 0.3) is 0 Å². The molecule has 0 radical (unpaired) electrons. The Balaban J connectivity index is 2.55. The highest BCUT2D eigenvalue weighted by Gasteiger charge is 2.07. The second-order valence-corrected chi connectivity index (χ2v) is 4.13. The number of hydrogen-bond donors (Lipinski definition) is 0. The number of rotatable bonds is 5. The van der Waals surface area contributed by atoms with Crippen LogP contribution in [-0.2, 0) is 0 Å². The third-order valence-electron chi connectivity index (χ3n) is 2.16. The Morgan fingerprint density at radius 1 is 1.27 bits per heavy atom. The lowest BCUT2D eigenvalue weighted by molar-refractivity contribution is 0.383. The van der Waals surface area contributed by atoms with Gasteiger partial charge < -0.3 is 0 Å². The van der Waals surface area contributed by atoms with E-state index in [0.717, 1.165) is 12.0 Å². The van der Waals surface area contributed by atoms with Gasteiger partial charge in [-0.3, -0.25) is 4.99 Å². The summed E-state index contributed by atoms with van der Waals surface area (Å²) in [5.41, 5.74) is 1.03. The van der Waals surface area contributed by atoms with Crippen LogP contribution in [0, 0.1) is 5.92 Å². The zero-order valence-corrected chi connectivity index (χ0v) is 9.36. The van der Waals surface area contributed by atoms with Crippen molar-refractivity contribution < 1.29 is 4.39 Å². The molecule has 1 nitrogen and oxygen atoms in total. The van der Waals surface area contributed by atoms with Crippen molar-refractivity contribution in [2.45, 2.75) is 26.3 Å². The Morgan fingerprint density at radius 2 is 1.93 bits per heavy atom. The quantitative estimate of drug-likeness (QED) is 0.655. The second kappa shape index (κ2) is 6.33. The van der Waals surface area contributed by atoms with Crippen LogP contribution in [0.4, 0.5) is 4.39 Å². The standard InChI is InChI=1S/C13H18FN/c1-11(2)8-13(9-14)15-10-12-6-4-3-5-7-12/h3-7,10-11,13H,8-9H2,1-2H3/b15-10+/t13-/m0/s1. The first-order valence-corrected chi connectivity index (χ1v) is 5.36. The van der Waals surface area contributed by atoms with Gasteiger partial charge in [0.1, 0.15) is 6.67 Å². The molecule has 0 aromatic heterocycles. The van der Waals surface area contributed by atoms with Gasteiger partial charge in [-0.2, -0.15) is 0 Å². The number of alkyl halides is 1. The SMILES string of the molecule is CC(C)C[C@@H](CF)/N=C/c1ccccc1. The normalized spacial score (nSPS) is 13.6. The maximum absolute atomic E-state index is 12.6. The molecule has 82 valence electrons. The van der Waals surface area contributed by atoms with E-state index in [1.165, 1.54) is 0 Å². The van der Waals surface area contributed by atoms with Crippen molar-refractivity contribution in [2.75, 3.05) is 6.67 Å². The number of nitrogens with zero attached hydrogens (tertiary/aromatic N) is 1. The third kappa shape index (κ3) is 4.73. The second-order valence-electron chi connectivity index (χ2n) is 4.13. The van der Waals surface area contributed by atoms with E-state index in [1.54, 1.807) is 6.21 Å². The van der Waals surface area contributed by atoms with Crippen molar-refractivity contribution in [3.05, 3.63) is 35.9 Å². The minimum Gasteiger partial charge on any atom is -0.286 e. The molecule has 0 heterocycles. The van der Waals surface area contributed by atoms with E-state index in [4.69, 9.17) is 0 Å². The highest BCUT2D eigenvalue weighted by molar-refractivity contribution is 5.79. The van der Waals surface area contributed by atoms with Crippen molar-refractivity contribution in [1.29, 1.82) is 0 Å². The smallest absolute Gasteiger partial charge is 0.112 e. The molecule has 0 aliphatic heterocycles. The minimum atomic E-state index is -0.373. The van der Waals surface area contributed by atoms with Crippen molar-refractivity contribution in [3.63, 3.8) is 0 Å². The molecule has 0 bridgehead atoms. The molecule has 15 heavy (non-hydrogen) atoms. The van der Waals surface area contributed by atoms with Gasteiger partial charge in [-0.05, 0) is 17.9 Å². The van der Waals surface area contributed by atoms with E-state index < -0.39 is 0 Å². The Labute approximate surface area is 91.0 Å². The fraction of sp³-hybridized carbons (Fsp3) is 0.462. The maximum Gasteiger partial charge on any atom is 0.112 e. The predicted molar refractivity (Wildman–Crippen MR) is 63.3 cm³/mol. The molecule has 1 atom stereocenters. The summed E-state index contributed by atoms with van der Waals surface area (Å²) in [5, 5.41) is 0. The highest BCUT2D eigenvalue weighted by Crippen LogP contribution is 2.08. The summed E-state index contributed by atoms with van der Waals surface area (Å²) in [5.74, 6) is 0.485. The number of aliphatic imine (C=N–C) groups is 1. The van der Waals surface area contributed by atoms with E-state index in [-0.39, 0.29) is 12.7 Å². The van der Waals surface area contributed by atoms with Crippen LogP contribution >= 0.6 is 0 Å². The molecule has 0 N–H and O–H groups in total. The first-order valence-electron chi connectivity index (χ1n) is 5.36. The molecule has 0 spiro atoms. The van der Waals surface area contributed by atoms with Crippen LogP contribution in [0.25, 0.3) is 0 Å². The Bertz CT molecular complexity index is 293. The molecule has 0 unspecified atom stereocenters. The molecule has 1 rings (SSSR count). The molecular formula is C13H18FN. The monoisotopic (exact) mass is 207 g/mol. The lowest BCUT2D eigenvalue weighted by atomic mass is 10.1. The molecule has 1 aromatic rings. The largest absolute Gasteiger partial charge is 0.286 e. The van der Waals surface area contributed by atoms with Crippen molar-refractivity contribution in [3.8, 4) is 0 Å². The first-order chi connectivity index (χ1) is 7.22. The fourth-order valence-corrected chi connectivity index (χ4v) is 1.44. The summed E-state index contributed by atoms with van der Waals surface area (Å²) in [6.45, 7) is 3.79. The van der Waals surface area contributed by atoms with Gasteiger partial charge in [-0.25, -0.2) is 4.39 Å². The summed E-state index contributed by atoms with van der Waals surface area (Å²) >= 11 is 0. The van der Waals surface area contributed by atoms with Crippen LogP contribution in [0.15, 0.2) is 35.3 Å². The summed E-state index contributed by atoms with van der Waals surface area (Å²) < 4.78 is 12.6. The molecule has 2 heteroatoms. The van der Waals surface area contributed by atoms with Gasteiger partial charge in [0, 0.05) is 6.21 Å². The van der Waals surface area contributed by atoms with Crippen LogP contribution in [0.1, 0.15) is 25.8 Å². The Kier molecular flexibility index (Phi) is 5.02. The number of hydrogen-bond acceptors (Lipinski definition) is 1. The first kappa shape index (κ1) is 11.9. The molecule has 0 saturated carbocycles. The van der Waals surface area contributed by atoms with E-state index in [0.29, 0.717) is 5.92 Å². The molecular weight excluding hydrogens is 189 g/mol. The van der Waals surface area contributed by atoms with E-state index in [1.807, 2.05) is 30.3 Å². The lowest BCUT2D eigenvalue weighted by Crippen LogP contribution is -2.10. The predicted octanol–water partition coefficient (Wildman–Crippen LogP) is 3.49. The summed E-state index contributed by atoms with van der Waals surface area (Å²) in [7, 11) is 0. The van der Waals surface area contributed by atoms with Crippen LogP contribution < -0.4 is 0 Å². The van der Waals surface area contributed by atoms with Gasteiger partial charge in [0.15, 0.2) is 0 Å². The van der Waals surface area contributed by atoms with Crippen LogP contribution in [-0.4, -0.2) is 18.9 Å². The highest BCUT2D eigenvalue weighted by atomic mass is 19.1. The lowest BCUT2D eigenvalue weighted by Gasteiger charge is -2.10. The van der Waals surface area contributed by atoms with Gasteiger partial charge in [-0.1, -0.05) is 44.2 Å². The van der Waals surface area contributed by atoms with Crippen LogP contribution in [0.2, 0.25) is 0 Å². The molecule has 0 aliphatic carbocycles. The van der Waals surface area contributed by atoms with Crippen molar-refractivity contribution >= 4 is 6.21 Å². The van der Waals surface area contributed by atoms with Crippen molar-refractivity contribution in [1.82, 2.24) is 0 Å². The van der Waals surface area contributed by atoms with Crippen molar-refractivity contribution in [2.24, 2.45) is 10.9 Å². The molecule has 0 saturated heterocycles. The van der Waals surface area contributed by atoms with Gasteiger partial charge in [0.2, 0.25) is 0 Å².